The summed E-state index contributed by atoms with van der Waals surface area (Å²) in [4.78, 5) is 32.3. The minimum Gasteiger partial charge on any atom is -0.496 e. The van der Waals surface area contributed by atoms with E-state index in [1.165, 1.54) is 30.2 Å². The highest BCUT2D eigenvalue weighted by Crippen LogP contribution is 2.38. The van der Waals surface area contributed by atoms with Crippen LogP contribution in [-0.2, 0) is 11.3 Å². The zero-order valence-electron chi connectivity index (χ0n) is 16.9. The van der Waals surface area contributed by atoms with Crippen LogP contribution in [0, 0.1) is 12.7 Å². The molecule has 0 fully saturated rings. The highest BCUT2D eigenvalue weighted by Gasteiger charge is 2.40. The Labute approximate surface area is 187 Å². The van der Waals surface area contributed by atoms with Crippen molar-refractivity contribution in [3.63, 3.8) is 0 Å². The zero-order chi connectivity index (χ0) is 22.1. The highest BCUT2D eigenvalue weighted by atomic mass is 79.9. The lowest BCUT2D eigenvalue weighted by molar-refractivity contribution is -0.120. The van der Waals surface area contributed by atoms with Gasteiger partial charge in [0.05, 0.1) is 7.11 Å². The molecule has 6 nitrogen and oxygen atoms in total. The molecule has 31 heavy (non-hydrogen) atoms. The number of benzene rings is 2. The van der Waals surface area contributed by atoms with Gasteiger partial charge >= 0.3 is 0 Å². The molecule has 0 unspecified atom stereocenters. The van der Waals surface area contributed by atoms with Crippen molar-refractivity contribution >= 4 is 33.6 Å². The standard InChI is InChI=1S/C23H19BrFN3O3/c1-13-17(24)8-6-14-12-28(23(30)20(13)14)21(16-11-15(25)7-9-18(16)31-2)22(29)27-19-5-3-4-10-26-19/h3-11,21H,12H2,1-2H3,(H,26,27,29)/t21-/m1/s1. The van der Waals surface area contributed by atoms with Crippen LogP contribution in [0.15, 0.2) is 59.2 Å². The molecule has 2 aromatic carbocycles. The molecule has 0 aliphatic carbocycles. The molecule has 1 N–H and O–H groups in total. The summed E-state index contributed by atoms with van der Waals surface area (Å²) < 4.78 is 20.4. The Hall–Kier alpha value is -3.26. The van der Waals surface area contributed by atoms with E-state index in [1.807, 2.05) is 19.1 Å². The molecule has 8 heteroatoms. The van der Waals surface area contributed by atoms with Gasteiger partial charge in [0.1, 0.15) is 23.4 Å². The molecule has 0 spiro atoms. The third-order valence-corrected chi connectivity index (χ3v) is 6.12. The van der Waals surface area contributed by atoms with Crippen LogP contribution in [-0.4, -0.2) is 28.8 Å². The van der Waals surface area contributed by atoms with E-state index in [9.17, 15) is 14.0 Å². The topological polar surface area (TPSA) is 71.5 Å². The van der Waals surface area contributed by atoms with E-state index in [4.69, 9.17) is 4.74 Å². The Morgan fingerprint density at radius 3 is 2.77 bits per heavy atom. The maximum atomic E-state index is 14.2. The fourth-order valence-corrected chi connectivity index (χ4v) is 4.11. The fraction of sp³-hybridized carbons (Fsp3) is 0.174. The number of carbonyl (C=O) groups excluding carboxylic acids is 2. The van der Waals surface area contributed by atoms with Crippen molar-refractivity contribution < 1.29 is 18.7 Å². The van der Waals surface area contributed by atoms with Crippen molar-refractivity contribution in [3.05, 3.63) is 87.3 Å². The maximum absolute atomic E-state index is 14.2. The summed E-state index contributed by atoms with van der Waals surface area (Å²) in [6.07, 6.45) is 1.55. The van der Waals surface area contributed by atoms with Gasteiger partial charge in [-0.15, -0.1) is 0 Å². The van der Waals surface area contributed by atoms with Gasteiger partial charge in [-0.25, -0.2) is 9.37 Å². The summed E-state index contributed by atoms with van der Waals surface area (Å²) in [7, 11) is 1.44. The van der Waals surface area contributed by atoms with E-state index in [2.05, 4.69) is 26.2 Å². The van der Waals surface area contributed by atoms with Crippen LogP contribution in [0.4, 0.5) is 10.2 Å². The van der Waals surface area contributed by atoms with Crippen molar-refractivity contribution in [3.8, 4) is 5.75 Å². The number of rotatable bonds is 5. The van der Waals surface area contributed by atoms with Crippen LogP contribution in [0.1, 0.15) is 33.1 Å². The fourth-order valence-electron chi connectivity index (χ4n) is 3.78. The minimum absolute atomic E-state index is 0.211. The molecule has 0 saturated heterocycles. The number of anilines is 1. The molecule has 4 rings (SSSR count). The third kappa shape index (κ3) is 3.90. The van der Waals surface area contributed by atoms with Gasteiger partial charge in [0.2, 0.25) is 0 Å². The molecular weight excluding hydrogens is 465 g/mol. The van der Waals surface area contributed by atoms with E-state index in [0.717, 1.165) is 15.6 Å². The molecule has 1 aliphatic rings. The van der Waals surface area contributed by atoms with Crippen molar-refractivity contribution in [1.29, 1.82) is 0 Å². The highest BCUT2D eigenvalue weighted by molar-refractivity contribution is 9.10. The first kappa shape index (κ1) is 21.0. The largest absolute Gasteiger partial charge is 0.496 e. The number of pyridine rings is 1. The molecule has 2 amide bonds. The zero-order valence-corrected chi connectivity index (χ0v) is 18.4. The molecule has 1 aromatic heterocycles. The summed E-state index contributed by atoms with van der Waals surface area (Å²) in [5.41, 5.74) is 2.39. The average molecular weight is 484 g/mol. The van der Waals surface area contributed by atoms with Gasteiger partial charge in [0, 0.05) is 28.3 Å². The molecule has 0 bridgehead atoms. The Morgan fingerprint density at radius 2 is 2.06 bits per heavy atom. The van der Waals surface area contributed by atoms with E-state index in [1.54, 1.807) is 24.4 Å². The number of fused-ring (bicyclic) bond motifs is 1. The van der Waals surface area contributed by atoms with E-state index in [0.29, 0.717) is 17.1 Å². The lowest BCUT2D eigenvalue weighted by atomic mass is 10.0. The molecule has 2 heterocycles. The van der Waals surface area contributed by atoms with E-state index >= 15 is 0 Å². The van der Waals surface area contributed by atoms with Crippen LogP contribution in [0.5, 0.6) is 5.75 Å². The third-order valence-electron chi connectivity index (χ3n) is 5.26. The number of nitrogens with one attached hydrogen (secondary N) is 1. The van der Waals surface area contributed by atoms with Gasteiger partial charge < -0.3 is 15.0 Å². The second-order valence-corrected chi connectivity index (χ2v) is 7.99. The lowest BCUT2D eigenvalue weighted by Gasteiger charge is -2.28. The van der Waals surface area contributed by atoms with Crippen LogP contribution in [0.3, 0.4) is 0 Å². The van der Waals surface area contributed by atoms with Crippen LogP contribution in [0.2, 0.25) is 0 Å². The number of ether oxygens (including phenoxy) is 1. The quantitative estimate of drug-likeness (QED) is 0.573. The Kier molecular flexibility index (Phi) is 5.73. The SMILES string of the molecule is COc1ccc(F)cc1[C@H](C(=O)Nc1ccccn1)N1Cc2ccc(Br)c(C)c2C1=O. The summed E-state index contributed by atoms with van der Waals surface area (Å²) >= 11 is 3.46. The van der Waals surface area contributed by atoms with Crippen LogP contribution >= 0.6 is 15.9 Å². The molecule has 1 aliphatic heterocycles. The first-order valence-corrected chi connectivity index (χ1v) is 10.3. The summed E-state index contributed by atoms with van der Waals surface area (Å²) in [6.45, 7) is 2.05. The van der Waals surface area contributed by atoms with E-state index < -0.39 is 17.8 Å². The number of hydrogen-bond acceptors (Lipinski definition) is 4. The summed E-state index contributed by atoms with van der Waals surface area (Å²) in [5.74, 6) is -0.712. The number of halogens is 2. The Morgan fingerprint density at radius 1 is 1.26 bits per heavy atom. The monoisotopic (exact) mass is 483 g/mol. The average Bonchev–Trinajstić information content (AvgIpc) is 3.08. The number of carbonyl (C=O) groups is 2. The number of hydrogen-bond donors (Lipinski definition) is 1. The number of methoxy groups -OCH3 is 1. The first-order valence-electron chi connectivity index (χ1n) is 9.55. The molecule has 1 atom stereocenters. The molecule has 3 aromatic rings. The maximum Gasteiger partial charge on any atom is 0.255 e. The van der Waals surface area contributed by atoms with Crippen molar-refractivity contribution in [1.82, 2.24) is 9.88 Å². The second-order valence-electron chi connectivity index (χ2n) is 7.13. The van der Waals surface area contributed by atoms with Gasteiger partial charge in [-0.1, -0.05) is 28.1 Å². The van der Waals surface area contributed by atoms with Crippen LogP contribution < -0.4 is 10.1 Å². The van der Waals surface area contributed by atoms with Crippen molar-refractivity contribution in [2.45, 2.75) is 19.5 Å². The molecule has 158 valence electrons. The van der Waals surface area contributed by atoms with Gasteiger partial charge in [0.15, 0.2) is 0 Å². The molecular formula is C23H19BrFN3O3. The first-order chi connectivity index (χ1) is 14.9. The predicted molar refractivity (Wildman–Crippen MR) is 117 cm³/mol. The normalized spacial score (nSPS) is 13.7. The number of amides is 2. The smallest absolute Gasteiger partial charge is 0.255 e. The predicted octanol–water partition coefficient (Wildman–Crippen LogP) is 4.64. The van der Waals surface area contributed by atoms with E-state index in [-0.39, 0.29) is 18.0 Å². The summed E-state index contributed by atoms with van der Waals surface area (Å²) in [5, 5.41) is 2.73. The second kappa shape index (κ2) is 8.47. The van der Waals surface area contributed by atoms with Gasteiger partial charge in [0.25, 0.3) is 11.8 Å². The minimum atomic E-state index is -1.12. The van der Waals surface area contributed by atoms with Crippen molar-refractivity contribution in [2.24, 2.45) is 0 Å². The number of aromatic nitrogens is 1. The van der Waals surface area contributed by atoms with Crippen molar-refractivity contribution in [2.75, 3.05) is 12.4 Å². The van der Waals surface area contributed by atoms with Gasteiger partial charge in [-0.3, -0.25) is 9.59 Å². The molecule has 0 radical (unpaired) electrons. The molecule has 0 saturated carbocycles. The summed E-state index contributed by atoms with van der Waals surface area (Å²) in [6, 6.07) is 11.6. The van der Waals surface area contributed by atoms with Crippen LogP contribution in [0.25, 0.3) is 0 Å². The lowest BCUT2D eigenvalue weighted by Crippen LogP contribution is -2.38. The number of nitrogens with zero attached hydrogens (tertiary/aromatic N) is 2. The Bertz CT molecular complexity index is 1170. The van der Waals surface area contributed by atoms with Gasteiger partial charge in [-0.2, -0.15) is 0 Å². The van der Waals surface area contributed by atoms with Gasteiger partial charge in [-0.05, 0) is 54.4 Å². The Balaban J connectivity index is 1.80.